The number of esters is 1. The molecule has 0 saturated carbocycles. The van der Waals surface area contributed by atoms with Crippen molar-refractivity contribution in [1.82, 2.24) is 4.98 Å². The number of aromatic nitrogens is 1. The molecule has 17 heavy (non-hydrogen) atoms. The molecule has 94 valence electrons. The summed E-state index contributed by atoms with van der Waals surface area (Å²) in [6, 6.07) is 1.50. The van der Waals surface area contributed by atoms with Crippen molar-refractivity contribution in [3.63, 3.8) is 0 Å². The molecule has 0 aromatic carbocycles. The number of aryl methyl sites for hydroxylation is 1. The van der Waals surface area contributed by atoms with Gasteiger partial charge in [0.15, 0.2) is 0 Å². The second kappa shape index (κ2) is 5.67. The fourth-order valence-corrected chi connectivity index (χ4v) is 1.57. The topological polar surface area (TPSA) is 65.2 Å². The van der Waals surface area contributed by atoms with Crippen molar-refractivity contribution < 1.29 is 18.3 Å². The molecule has 0 fully saturated rings. The van der Waals surface area contributed by atoms with E-state index in [1.807, 2.05) is 0 Å². The largest absolute Gasteiger partial charge is 0.469 e. The van der Waals surface area contributed by atoms with Crippen molar-refractivity contribution in [3.05, 3.63) is 28.6 Å². The Labute approximate surface area is 97.8 Å². The molecule has 0 radical (unpaired) electrons. The van der Waals surface area contributed by atoms with Gasteiger partial charge in [-0.2, -0.15) is 0 Å². The molecular formula is C11H14F2N2O2. The maximum Gasteiger partial charge on any atom is 0.311 e. The summed E-state index contributed by atoms with van der Waals surface area (Å²) < 4.78 is 30.2. The SMILES string of the molecule is COC(=O)Cc1nc(CN)cc(C)c1C(F)F. The van der Waals surface area contributed by atoms with Crippen molar-refractivity contribution in [3.8, 4) is 0 Å². The Balaban J connectivity index is 3.22. The molecule has 0 amide bonds. The van der Waals surface area contributed by atoms with Crippen LogP contribution in [0.3, 0.4) is 0 Å². The van der Waals surface area contributed by atoms with Gasteiger partial charge < -0.3 is 10.5 Å². The maximum atomic E-state index is 12.9. The van der Waals surface area contributed by atoms with Crippen molar-refractivity contribution >= 4 is 5.97 Å². The number of alkyl halides is 2. The zero-order chi connectivity index (χ0) is 13.0. The maximum absolute atomic E-state index is 12.9. The van der Waals surface area contributed by atoms with Crippen LogP contribution >= 0.6 is 0 Å². The molecule has 1 aromatic rings. The second-order valence-electron chi connectivity index (χ2n) is 3.55. The number of ether oxygens (including phenoxy) is 1. The molecule has 0 aliphatic rings. The summed E-state index contributed by atoms with van der Waals surface area (Å²) in [6.45, 7) is 1.68. The lowest BCUT2D eigenvalue weighted by atomic mass is 10.0. The van der Waals surface area contributed by atoms with E-state index in [1.165, 1.54) is 13.2 Å². The predicted molar refractivity (Wildman–Crippen MR) is 57.5 cm³/mol. The lowest BCUT2D eigenvalue weighted by Gasteiger charge is -2.12. The number of nitrogens with zero attached hydrogens (tertiary/aromatic N) is 1. The lowest BCUT2D eigenvalue weighted by Crippen LogP contribution is -2.13. The molecule has 1 rings (SSSR count). The van der Waals surface area contributed by atoms with Gasteiger partial charge in [0.25, 0.3) is 6.43 Å². The summed E-state index contributed by atoms with van der Waals surface area (Å²) in [5.41, 5.74) is 6.09. The molecule has 6 heteroatoms. The van der Waals surface area contributed by atoms with Crippen molar-refractivity contribution in [2.45, 2.75) is 26.3 Å². The van der Waals surface area contributed by atoms with E-state index in [4.69, 9.17) is 5.73 Å². The molecule has 0 spiro atoms. The highest BCUT2D eigenvalue weighted by molar-refractivity contribution is 5.72. The van der Waals surface area contributed by atoms with Gasteiger partial charge >= 0.3 is 5.97 Å². The van der Waals surface area contributed by atoms with E-state index in [2.05, 4.69) is 9.72 Å². The van der Waals surface area contributed by atoms with Gasteiger partial charge in [-0.15, -0.1) is 0 Å². The van der Waals surface area contributed by atoms with E-state index in [-0.39, 0.29) is 24.2 Å². The van der Waals surface area contributed by atoms with E-state index in [9.17, 15) is 13.6 Å². The van der Waals surface area contributed by atoms with Crippen LogP contribution in [0.2, 0.25) is 0 Å². The second-order valence-corrected chi connectivity index (χ2v) is 3.55. The van der Waals surface area contributed by atoms with Gasteiger partial charge in [0.05, 0.1) is 24.9 Å². The van der Waals surface area contributed by atoms with Crippen molar-refractivity contribution in [2.24, 2.45) is 5.73 Å². The van der Waals surface area contributed by atoms with Crippen LogP contribution in [0.1, 0.15) is 28.9 Å². The van der Waals surface area contributed by atoms with Crippen LogP contribution in [0.25, 0.3) is 0 Å². The summed E-state index contributed by atoms with van der Waals surface area (Å²) in [5.74, 6) is -0.604. The monoisotopic (exact) mass is 244 g/mol. The number of hydrogen-bond donors (Lipinski definition) is 1. The molecule has 1 aromatic heterocycles. The minimum atomic E-state index is -2.67. The fraction of sp³-hybridized carbons (Fsp3) is 0.455. The normalized spacial score (nSPS) is 10.7. The van der Waals surface area contributed by atoms with Crippen LogP contribution in [-0.4, -0.2) is 18.1 Å². The lowest BCUT2D eigenvalue weighted by molar-refractivity contribution is -0.139. The zero-order valence-electron chi connectivity index (χ0n) is 9.67. The number of nitrogens with two attached hydrogens (primary N) is 1. The Bertz CT molecular complexity index is 422. The highest BCUT2D eigenvalue weighted by Gasteiger charge is 2.20. The van der Waals surface area contributed by atoms with Gasteiger partial charge in [-0.05, 0) is 18.6 Å². The van der Waals surface area contributed by atoms with Crippen LogP contribution < -0.4 is 5.73 Å². The number of pyridine rings is 1. The van der Waals surface area contributed by atoms with Gasteiger partial charge in [0.1, 0.15) is 0 Å². The molecule has 0 unspecified atom stereocenters. The minimum Gasteiger partial charge on any atom is -0.469 e. The third-order valence-corrected chi connectivity index (χ3v) is 2.36. The Morgan fingerprint density at radius 2 is 2.24 bits per heavy atom. The number of halogens is 2. The molecule has 4 nitrogen and oxygen atoms in total. The molecule has 0 aliphatic heterocycles. The average molecular weight is 244 g/mol. The molecule has 0 bridgehead atoms. The standard InChI is InChI=1S/C11H14F2N2O2/c1-6-3-7(5-14)15-8(4-9(16)17-2)10(6)11(12)13/h3,11H,4-5,14H2,1-2H3. The summed E-state index contributed by atoms with van der Waals surface area (Å²) >= 11 is 0. The quantitative estimate of drug-likeness (QED) is 0.815. The minimum absolute atomic E-state index is 0.0345. The average Bonchev–Trinajstić information content (AvgIpc) is 2.27. The fourth-order valence-electron chi connectivity index (χ4n) is 1.57. The van der Waals surface area contributed by atoms with Gasteiger partial charge in [0.2, 0.25) is 0 Å². The Morgan fingerprint density at radius 3 is 2.71 bits per heavy atom. The molecule has 0 aliphatic carbocycles. The van der Waals surface area contributed by atoms with Gasteiger partial charge in [0, 0.05) is 12.1 Å². The van der Waals surface area contributed by atoms with Gasteiger partial charge in [-0.3, -0.25) is 9.78 Å². The molecule has 0 atom stereocenters. The van der Waals surface area contributed by atoms with Crippen molar-refractivity contribution in [2.75, 3.05) is 7.11 Å². The number of hydrogen-bond acceptors (Lipinski definition) is 4. The number of methoxy groups -OCH3 is 1. The van der Waals surface area contributed by atoms with E-state index in [1.54, 1.807) is 6.92 Å². The first kappa shape index (κ1) is 13.5. The third-order valence-electron chi connectivity index (χ3n) is 2.36. The summed E-state index contributed by atoms with van der Waals surface area (Å²) in [4.78, 5) is 15.1. The van der Waals surface area contributed by atoms with Crippen LogP contribution in [0, 0.1) is 6.92 Å². The Kier molecular flexibility index (Phi) is 4.51. The summed E-state index contributed by atoms with van der Waals surface area (Å²) in [5, 5.41) is 0. The zero-order valence-corrected chi connectivity index (χ0v) is 9.67. The van der Waals surface area contributed by atoms with Gasteiger partial charge in [-0.25, -0.2) is 8.78 Å². The molecule has 2 N–H and O–H groups in total. The highest BCUT2D eigenvalue weighted by Crippen LogP contribution is 2.26. The first-order chi connectivity index (χ1) is 7.99. The molecular weight excluding hydrogens is 230 g/mol. The van der Waals surface area contributed by atoms with Crippen LogP contribution in [0.5, 0.6) is 0 Å². The van der Waals surface area contributed by atoms with E-state index >= 15 is 0 Å². The van der Waals surface area contributed by atoms with Crippen LogP contribution in [0.4, 0.5) is 8.78 Å². The molecule has 0 saturated heterocycles. The highest BCUT2D eigenvalue weighted by atomic mass is 19.3. The van der Waals surface area contributed by atoms with E-state index in [0.717, 1.165) is 0 Å². The first-order valence-corrected chi connectivity index (χ1v) is 5.04. The third kappa shape index (κ3) is 3.20. The number of rotatable bonds is 4. The Morgan fingerprint density at radius 1 is 1.59 bits per heavy atom. The summed E-state index contributed by atoms with van der Waals surface area (Å²) in [7, 11) is 1.20. The van der Waals surface area contributed by atoms with E-state index in [0.29, 0.717) is 11.3 Å². The van der Waals surface area contributed by atoms with E-state index < -0.39 is 12.4 Å². The number of carbonyl (C=O) groups excluding carboxylic acids is 1. The van der Waals surface area contributed by atoms with Crippen molar-refractivity contribution in [1.29, 1.82) is 0 Å². The first-order valence-electron chi connectivity index (χ1n) is 5.04. The van der Waals surface area contributed by atoms with Gasteiger partial charge in [-0.1, -0.05) is 0 Å². The number of carbonyl (C=O) groups is 1. The Hall–Kier alpha value is -1.56. The summed E-state index contributed by atoms with van der Waals surface area (Å²) in [6.07, 6.45) is -2.95. The van der Waals surface area contributed by atoms with Crippen LogP contribution in [0.15, 0.2) is 6.07 Å². The predicted octanol–water partition coefficient (Wildman–Crippen LogP) is 1.50. The smallest absolute Gasteiger partial charge is 0.311 e. The van der Waals surface area contributed by atoms with Crippen LogP contribution in [-0.2, 0) is 22.5 Å². The molecule has 1 heterocycles.